The van der Waals surface area contributed by atoms with Crippen molar-refractivity contribution in [2.75, 3.05) is 98.7 Å². The van der Waals surface area contributed by atoms with E-state index in [4.69, 9.17) is 4.74 Å². The highest BCUT2D eigenvalue weighted by molar-refractivity contribution is 5.87. The van der Waals surface area contributed by atoms with Crippen LogP contribution >= 0.6 is 0 Å². The van der Waals surface area contributed by atoms with E-state index in [1.54, 1.807) is 32.7 Å². The summed E-state index contributed by atoms with van der Waals surface area (Å²) in [6.07, 6.45) is 18.6. The molecule has 0 saturated carbocycles. The third-order valence-electron chi connectivity index (χ3n) is 13.3. The molecule has 0 aromatic carbocycles. The van der Waals surface area contributed by atoms with E-state index in [1.165, 1.54) is 19.6 Å². The van der Waals surface area contributed by atoms with Gasteiger partial charge < -0.3 is 55.8 Å². The summed E-state index contributed by atoms with van der Waals surface area (Å²) in [5.74, 6) is -2.73. The Morgan fingerprint density at radius 2 is 0.562 bits per heavy atom. The minimum absolute atomic E-state index is 0.00843. The molecule has 0 atom stereocenters. The first-order valence-corrected chi connectivity index (χ1v) is 30.6. The highest BCUT2D eigenvalue weighted by Crippen LogP contribution is 2.11. The number of nitrogens with one attached hydrogen (secondary N) is 5. The van der Waals surface area contributed by atoms with E-state index in [2.05, 4.69) is 61.2 Å². The smallest absolute Gasteiger partial charge is 0.407 e. The van der Waals surface area contributed by atoms with Crippen LogP contribution in [0.1, 0.15) is 216 Å². The van der Waals surface area contributed by atoms with E-state index in [-0.39, 0.29) is 146 Å². The van der Waals surface area contributed by atoms with Crippen molar-refractivity contribution in [3.63, 3.8) is 0 Å². The summed E-state index contributed by atoms with van der Waals surface area (Å²) in [7, 11) is 1.71. The van der Waals surface area contributed by atoms with Crippen LogP contribution in [0.5, 0.6) is 0 Å². The number of carbonyl (C=O) groups excluding carboxylic acids is 10. The molecule has 0 aliphatic rings. The van der Waals surface area contributed by atoms with Crippen LogP contribution in [0.15, 0.2) is 0 Å². The van der Waals surface area contributed by atoms with E-state index < -0.39 is 29.4 Å². The van der Waals surface area contributed by atoms with Gasteiger partial charge in [0.2, 0.25) is 53.2 Å². The highest BCUT2D eigenvalue weighted by Gasteiger charge is 2.24. The molecule has 5 N–H and O–H groups in total. The fraction of sp³-hybridized carbons (Fsp3) is 0.831. The first-order valence-electron chi connectivity index (χ1n) is 30.6. The van der Waals surface area contributed by atoms with Gasteiger partial charge in [0.1, 0.15) is 5.60 Å². The van der Waals surface area contributed by atoms with Crippen LogP contribution in [0.4, 0.5) is 4.79 Å². The topological polar surface area (TPSA) is 256 Å². The molecule has 0 aromatic rings. The van der Waals surface area contributed by atoms with E-state index >= 15 is 0 Å². The molecule has 80 heavy (non-hydrogen) atoms. The minimum atomic E-state index is -0.704. The van der Waals surface area contributed by atoms with E-state index in [0.717, 1.165) is 103 Å². The maximum atomic E-state index is 13.6. The SMILES string of the molecule is CCCCCCC(=O)N(C)CCNC(=O)CN(CCNC(=O)CN(CCNC(=O)CN(CCNC(=O)CN(CCNC(=O)OC(C)(C)C)C(=O)CCCCCC)C(=O)CCCCCC)C(=O)CCCCCC)C(=O)CCCCCC. The molecule has 0 rings (SSSR count). The van der Waals surface area contributed by atoms with E-state index in [0.29, 0.717) is 38.6 Å². The van der Waals surface area contributed by atoms with Crippen LogP contribution in [0.25, 0.3) is 0 Å². The van der Waals surface area contributed by atoms with Crippen molar-refractivity contribution >= 4 is 59.3 Å². The highest BCUT2D eigenvalue weighted by atomic mass is 16.6. The zero-order chi connectivity index (χ0) is 60.0. The number of likely N-dealkylation sites (N-methyl/N-ethyl adjacent to an activating group) is 1. The van der Waals surface area contributed by atoms with E-state index in [1.807, 2.05) is 0 Å². The predicted octanol–water partition coefficient (Wildman–Crippen LogP) is 6.60. The minimum Gasteiger partial charge on any atom is -0.444 e. The molecular formula is C59H110N10O11. The molecule has 0 radical (unpaired) electrons. The van der Waals surface area contributed by atoms with Gasteiger partial charge in [-0.2, -0.15) is 0 Å². The Morgan fingerprint density at radius 1 is 0.325 bits per heavy atom. The summed E-state index contributed by atoms with van der Waals surface area (Å²) in [6.45, 7) is 15.4. The van der Waals surface area contributed by atoms with Crippen LogP contribution < -0.4 is 26.6 Å². The van der Waals surface area contributed by atoms with Gasteiger partial charge in [0.15, 0.2) is 0 Å². The quantitative estimate of drug-likeness (QED) is 0.0406. The molecule has 0 aliphatic carbocycles. The second-order valence-electron chi connectivity index (χ2n) is 22.0. The normalized spacial score (nSPS) is 11.0. The number of rotatable bonds is 48. The molecule has 0 heterocycles. The van der Waals surface area contributed by atoms with Crippen molar-refractivity contribution in [3.05, 3.63) is 0 Å². The maximum Gasteiger partial charge on any atom is 0.407 e. The lowest BCUT2D eigenvalue weighted by Crippen LogP contribution is -2.49. The number of hydrogen-bond acceptors (Lipinski definition) is 11. The molecule has 0 bridgehead atoms. The van der Waals surface area contributed by atoms with Crippen LogP contribution in [0.2, 0.25) is 0 Å². The molecule has 0 unspecified atom stereocenters. The lowest BCUT2D eigenvalue weighted by molar-refractivity contribution is -0.137. The van der Waals surface area contributed by atoms with Gasteiger partial charge in [0.25, 0.3) is 0 Å². The number of carbonyl (C=O) groups is 10. The van der Waals surface area contributed by atoms with Gasteiger partial charge in [-0.1, -0.05) is 131 Å². The molecule has 0 fully saturated rings. The molecule has 0 saturated heterocycles. The second-order valence-corrected chi connectivity index (χ2v) is 22.0. The molecule has 21 heteroatoms. The summed E-state index contributed by atoms with van der Waals surface area (Å²) in [4.78, 5) is 139. The van der Waals surface area contributed by atoms with Gasteiger partial charge >= 0.3 is 6.09 Å². The molecule has 0 spiro atoms. The average Bonchev–Trinajstić information content (AvgIpc) is 3.40. The average molecular weight is 1140 g/mol. The first-order chi connectivity index (χ1) is 38.2. The second kappa shape index (κ2) is 47.2. The molecular weight excluding hydrogens is 1020 g/mol. The van der Waals surface area contributed by atoms with Gasteiger partial charge in [-0.25, -0.2) is 4.79 Å². The zero-order valence-corrected chi connectivity index (χ0v) is 51.3. The van der Waals surface area contributed by atoms with Crippen molar-refractivity contribution in [1.29, 1.82) is 0 Å². The third-order valence-corrected chi connectivity index (χ3v) is 13.3. The zero-order valence-electron chi connectivity index (χ0n) is 51.3. The van der Waals surface area contributed by atoms with Crippen LogP contribution in [0.3, 0.4) is 0 Å². The standard InChI is InChI=1S/C59H110N10O11/c1-10-15-20-25-30-53(74)65(9)40-35-60-49(70)45-66(54(75)31-26-21-16-11-2)41-36-61-50(71)46-67(55(76)32-27-22-17-12-3)42-37-62-51(72)47-68(56(77)33-28-23-18-13-4)43-38-63-52(73)48-69(57(78)34-29-24-19-14-5)44-39-64-58(79)80-59(6,7)8/h10-48H2,1-9H3,(H,60,70)(H,61,71)(H,62,72)(H,63,73)(H,64,79). The number of hydrogen-bond donors (Lipinski definition) is 5. The van der Waals surface area contributed by atoms with Crippen LogP contribution in [-0.2, 0) is 47.9 Å². The Labute approximate surface area is 481 Å². The number of ether oxygens (including phenoxy) is 1. The van der Waals surface area contributed by atoms with Gasteiger partial charge in [-0.3, -0.25) is 43.2 Å². The fourth-order valence-corrected chi connectivity index (χ4v) is 8.51. The number of unbranched alkanes of at least 4 members (excludes halogenated alkanes) is 15. The van der Waals surface area contributed by atoms with Crippen molar-refractivity contribution in [3.8, 4) is 0 Å². The molecule has 21 nitrogen and oxygen atoms in total. The Kier molecular flexibility index (Phi) is 43.9. The summed E-state index contributed by atoms with van der Waals surface area (Å²) < 4.78 is 5.31. The van der Waals surface area contributed by atoms with Gasteiger partial charge in [-0.15, -0.1) is 0 Å². The molecule has 0 aliphatic heterocycles. The summed E-state index contributed by atoms with van der Waals surface area (Å²) in [5, 5.41) is 13.9. The van der Waals surface area contributed by atoms with Gasteiger partial charge in [0, 0.05) is 105 Å². The molecule has 10 amide bonds. The molecule has 0 aromatic heterocycles. The maximum absolute atomic E-state index is 13.6. The van der Waals surface area contributed by atoms with E-state index in [9.17, 15) is 47.9 Å². The van der Waals surface area contributed by atoms with Crippen molar-refractivity contribution < 1.29 is 52.7 Å². The lowest BCUT2D eigenvalue weighted by Gasteiger charge is -2.26. The largest absolute Gasteiger partial charge is 0.444 e. The number of amides is 10. The van der Waals surface area contributed by atoms with Crippen molar-refractivity contribution in [2.24, 2.45) is 0 Å². The lowest BCUT2D eigenvalue weighted by atomic mass is 10.1. The Hall–Kier alpha value is -5.50. The Bertz CT molecular complexity index is 1800. The summed E-state index contributed by atoms with van der Waals surface area (Å²) in [5.41, 5.74) is -0.704. The fourth-order valence-electron chi connectivity index (χ4n) is 8.51. The van der Waals surface area contributed by atoms with Crippen molar-refractivity contribution in [2.45, 2.75) is 222 Å². The molecule has 462 valence electrons. The number of alkyl carbamates (subject to hydrolysis) is 1. The van der Waals surface area contributed by atoms with Crippen LogP contribution in [0, 0.1) is 0 Å². The first kappa shape index (κ1) is 74.5. The predicted molar refractivity (Wildman–Crippen MR) is 314 cm³/mol. The summed E-state index contributed by atoms with van der Waals surface area (Å²) >= 11 is 0. The number of nitrogens with zero attached hydrogens (tertiary/aromatic N) is 5. The summed E-state index contributed by atoms with van der Waals surface area (Å²) in [6, 6.07) is 0. The monoisotopic (exact) mass is 1130 g/mol. The van der Waals surface area contributed by atoms with Crippen LogP contribution in [-0.4, -0.2) is 188 Å². The van der Waals surface area contributed by atoms with Gasteiger partial charge in [-0.05, 0) is 52.9 Å². The van der Waals surface area contributed by atoms with Gasteiger partial charge in [0.05, 0.1) is 26.2 Å². The Morgan fingerprint density at radius 3 is 0.812 bits per heavy atom. The van der Waals surface area contributed by atoms with Crippen molar-refractivity contribution in [1.82, 2.24) is 51.1 Å². The third kappa shape index (κ3) is 40.6. The Balaban J connectivity index is 5.82.